The molecular formula is C33H44N6O6S. The number of amides is 2. The van der Waals surface area contributed by atoms with Crippen molar-refractivity contribution in [1.82, 2.24) is 9.62 Å². The van der Waals surface area contributed by atoms with Gasteiger partial charge in [-0.3, -0.25) is 4.79 Å². The number of carbonyl (C=O) groups is 2. The van der Waals surface area contributed by atoms with Crippen molar-refractivity contribution in [2.75, 3.05) is 73.6 Å². The maximum Gasteiger partial charge on any atom is 0.431 e. The fourth-order valence-corrected chi connectivity index (χ4v) is 10.3. The zero-order valence-electron chi connectivity index (χ0n) is 26.3. The van der Waals surface area contributed by atoms with E-state index in [0.717, 1.165) is 54.9 Å². The summed E-state index contributed by atoms with van der Waals surface area (Å²) in [7, 11) is -1.80. The van der Waals surface area contributed by atoms with Crippen LogP contribution in [-0.2, 0) is 24.4 Å². The van der Waals surface area contributed by atoms with E-state index < -0.39 is 21.5 Å². The number of para-hydroxylation sites is 2. The van der Waals surface area contributed by atoms with Gasteiger partial charge in [0, 0.05) is 62.7 Å². The number of methoxy groups -OCH3 is 1. The molecule has 4 saturated carbocycles. The number of anilines is 4. The number of hydrogen-bond acceptors (Lipinski definition) is 9. The second-order valence-electron chi connectivity index (χ2n) is 13.6. The number of fused-ring (bicyclic) bond motifs is 1. The Labute approximate surface area is 270 Å². The summed E-state index contributed by atoms with van der Waals surface area (Å²) in [5, 5.41) is 4.86. The molecule has 5 atom stereocenters. The van der Waals surface area contributed by atoms with Gasteiger partial charge in [0.2, 0.25) is 15.9 Å². The molecule has 12 nitrogen and oxygen atoms in total. The van der Waals surface area contributed by atoms with E-state index in [2.05, 4.69) is 39.4 Å². The lowest BCUT2D eigenvalue weighted by Gasteiger charge is -2.58. The summed E-state index contributed by atoms with van der Waals surface area (Å²) in [6.45, 7) is 3.47. The maximum absolute atomic E-state index is 13.3. The molecule has 13 heteroatoms. The topological polar surface area (TPSA) is 138 Å². The van der Waals surface area contributed by atoms with E-state index in [1.165, 1.54) is 7.11 Å². The highest BCUT2D eigenvalue weighted by Gasteiger charge is 2.58. The van der Waals surface area contributed by atoms with Crippen molar-refractivity contribution < 1.29 is 27.6 Å². The predicted octanol–water partition coefficient (Wildman–Crippen LogP) is 3.06. The smallest absolute Gasteiger partial charge is 0.384 e. The molecule has 6 aliphatic rings. The lowest BCUT2D eigenvalue weighted by molar-refractivity contribution is -0.145. The second-order valence-corrected chi connectivity index (χ2v) is 15.7. The molecule has 2 aromatic carbocycles. The van der Waals surface area contributed by atoms with Crippen LogP contribution in [-0.4, -0.2) is 89.5 Å². The molecule has 248 valence electrons. The number of ether oxygens (including phenoxy) is 1. The van der Waals surface area contributed by atoms with Crippen LogP contribution in [0.4, 0.5) is 27.5 Å². The number of nitrogens with zero attached hydrogens (tertiary/aromatic N) is 4. The summed E-state index contributed by atoms with van der Waals surface area (Å²) in [4.78, 5) is 36.0. The third-order valence-electron chi connectivity index (χ3n) is 10.9. The van der Waals surface area contributed by atoms with Crippen LogP contribution in [0.15, 0.2) is 48.5 Å². The molecule has 4 aliphatic carbocycles. The molecule has 3 N–H and O–H groups in total. The summed E-state index contributed by atoms with van der Waals surface area (Å²) in [6, 6.07) is 16.2. The Bertz CT molecular complexity index is 1550. The molecular weight excluding hydrogens is 608 g/mol. The number of sulfonamides is 1. The van der Waals surface area contributed by atoms with Crippen molar-refractivity contribution in [3.05, 3.63) is 48.5 Å². The highest BCUT2D eigenvalue weighted by molar-refractivity contribution is 7.89. The normalized spacial score (nSPS) is 29.0. The van der Waals surface area contributed by atoms with E-state index in [0.29, 0.717) is 45.2 Å². The second kappa shape index (κ2) is 12.2. The molecule has 5 fully saturated rings. The Kier molecular flexibility index (Phi) is 8.26. The molecule has 3 unspecified atom stereocenters. The molecule has 1 saturated heterocycles. The van der Waals surface area contributed by atoms with E-state index in [1.807, 2.05) is 24.3 Å². The van der Waals surface area contributed by atoms with Crippen LogP contribution in [0.1, 0.15) is 32.1 Å². The van der Waals surface area contributed by atoms with Gasteiger partial charge in [0.15, 0.2) is 0 Å². The van der Waals surface area contributed by atoms with Crippen LogP contribution in [0.3, 0.4) is 0 Å². The van der Waals surface area contributed by atoms with Gasteiger partial charge in [0.25, 0.3) is 0 Å². The van der Waals surface area contributed by atoms with Gasteiger partial charge in [-0.2, -0.15) is 4.31 Å². The minimum absolute atomic E-state index is 0.00343. The van der Waals surface area contributed by atoms with Crippen LogP contribution in [0.5, 0.6) is 0 Å². The van der Waals surface area contributed by atoms with Crippen molar-refractivity contribution in [2.45, 2.75) is 38.1 Å². The predicted molar refractivity (Wildman–Crippen MR) is 175 cm³/mol. The van der Waals surface area contributed by atoms with Crippen LogP contribution in [0, 0.1) is 23.2 Å². The first-order chi connectivity index (χ1) is 22.2. The first kappa shape index (κ1) is 31.1. The molecule has 46 heavy (non-hydrogen) atoms. The van der Waals surface area contributed by atoms with Gasteiger partial charge in [0.1, 0.15) is 0 Å². The minimum atomic E-state index is -3.31. The van der Waals surface area contributed by atoms with Gasteiger partial charge in [-0.15, -0.1) is 0 Å². The third-order valence-corrected chi connectivity index (χ3v) is 12.8. The van der Waals surface area contributed by atoms with Crippen molar-refractivity contribution >= 4 is 44.8 Å². The zero-order valence-corrected chi connectivity index (χ0v) is 27.2. The molecule has 0 radical (unpaired) electrons. The summed E-state index contributed by atoms with van der Waals surface area (Å²) in [5.41, 5.74) is 9.29. The minimum Gasteiger partial charge on any atom is -0.384 e. The average molecular weight is 653 g/mol. The number of carbonyl (C=O) groups excluding carboxylic acids is 2. The number of piperazine rings is 1. The van der Waals surface area contributed by atoms with E-state index in [9.17, 15) is 18.0 Å². The standard InChI is InChI=1S/C33H44N6O6S/c1-44-16-17-46(42,43)37-12-10-36(11-13-37)26-6-8-27(9-7-26)38-14-15-39(29-5-3-2-4-28(29)38)45-32(41)35-30-24-18-23-19-25(30)22-33(20-23,21-24)31(34)40/h2-9,23-25,30H,10-22H2,1H3,(H2,34,40)(H,35,41)/t23?,24-,25+,30?,33?. The van der Waals surface area contributed by atoms with Crippen LogP contribution in [0.25, 0.3) is 0 Å². The monoisotopic (exact) mass is 652 g/mol. The molecule has 8 rings (SSSR count). The van der Waals surface area contributed by atoms with Gasteiger partial charge < -0.3 is 30.4 Å². The lowest BCUT2D eigenvalue weighted by atomic mass is 9.47. The van der Waals surface area contributed by atoms with Gasteiger partial charge in [-0.1, -0.05) is 12.1 Å². The number of benzene rings is 2. The Morgan fingerprint density at radius 1 is 0.891 bits per heavy atom. The number of hydroxylamine groups is 1. The number of hydrogen-bond donors (Lipinski definition) is 2. The molecule has 2 amide bonds. The van der Waals surface area contributed by atoms with Crippen molar-refractivity contribution in [2.24, 2.45) is 28.9 Å². The van der Waals surface area contributed by atoms with Crippen molar-refractivity contribution in [3.63, 3.8) is 0 Å². The molecule has 2 heterocycles. The molecule has 2 aromatic rings. The highest BCUT2D eigenvalue weighted by Crippen LogP contribution is 2.60. The molecule has 0 aromatic heterocycles. The Morgan fingerprint density at radius 3 is 2.20 bits per heavy atom. The number of nitrogens with one attached hydrogen (secondary N) is 1. The van der Waals surface area contributed by atoms with Gasteiger partial charge in [-0.25, -0.2) is 18.3 Å². The van der Waals surface area contributed by atoms with Crippen molar-refractivity contribution in [1.29, 1.82) is 0 Å². The fraction of sp³-hybridized carbons (Fsp3) is 0.576. The van der Waals surface area contributed by atoms with E-state index in [4.69, 9.17) is 15.3 Å². The average Bonchev–Trinajstić information content (AvgIpc) is 3.05. The van der Waals surface area contributed by atoms with E-state index in [1.54, 1.807) is 9.37 Å². The molecule has 4 bridgehead atoms. The van der Waals surface area contributed by atoms with Crippen molar-refractivity contribution in [3.8, 4) is 0 Å². The molecule has 0 spiro atoms. The maximum atomic E-state index is 13.3. The Morgan fingerprint density at radius 2 is 1.54 bits per heavy atom. The quantitative estimate of drug-likeness (QED) is 0.419. The SMILES string of the molecule is COCCS(=O)(=O)N1CCN(c2ccc(N3CCN(OC(=O)NC4[C@@H]5CC6C[C@H]4CC(C(N)=O)(C6)C5)c4ccccc43)cc2)CC1. The Hall–Kier alpha value is -3.55. The lowest BCUT2D eigenvalue weighted by Crippen LogP contribution is -2.62. The first-order valence-corrected chi connectivity index (χ1v) is 18.0. The number of primary amides is 1. The Balaban J connectivity index is 0.978. The van der Waals surface area contributed by atoms with Crippen LogP contribution < -0.4 is 25.9 Å². The summed E-state index contributed by atoms with van der Waals surface area (Å²) < 4.78 is 31.6. The third kappa shape index (κ3) is 5.77. The number of nitrogens with two attached hydrogens (primary N) is 1. The summed E-state index contributed by atoms with van der Waals surface area (Å²) in [6.07, 6.45) is 4.02. The zero-order chi connectivity index (χ0) is 32.1. The largest absolute Gasteiger partial charge is 0.431 e. The van der Waals surface area contributed by atoms with E-state index >= 15 is 0 Å². The van der Waals surface area contributed by atoms with E-state index in [-0.39, 0.29) is 36.1 Å². The molecule has 2 aliphatic heterocycles. The van der Waals surface area contributed by atoms with Gasteiger partial charge in [-0.05, 0) is 86.3 Å². The summed E-state index contributed by atoms with van der Waals surface area (Å²) in [5.74, 6) is 0.867. The van der Waals surface area contributed by atoms with Crippen LogP contribution in [0.2, 0.25) is 0 Å². The summed E-state index contributed by atoms with van der Waals surface area (Å²) >= 11 is 0. The number of rotatable bonds is 9. The fourth-order valence-electron chi connectivity index (χ4n) is 8.91. The van der Waals surface area contributed by atoms with Gasteiger partial charge >= 0.3 is 6.09 Å². The van der Waals surface area contributed by atoms with Gasteiger partial charge in [0.05, 0.1) is 30.3 Å². The van der Waals surface area contributed by atoms with Crippen LogP contribution >= 0.6 is 0 Å². The first-order valence-electron chi connectivity index (χ1n) is 16.4. The highest BCUT2D eigenvalue weighted by atomic mass is 32.2.